The van der Waals surface area contributed by atoms with E-state index >= 15 is 0 Å². The van der Waals surface area contributed by atoms with Gasteiger partial charge in [0, 0.05) is 6.04 Å². The molecule has 1 saturated heterocycles. The van der Waals surface area contributed by atoms with Crippen molar-refractivity contribution in [3.05, 3.63) is 0 Å². The number of hydrogen-bond donors (Lipinski definition) is 3. The summed E-state index contributed by atoms with van der Waals surface area (Å²) < 4.78 is 0. The summed E-state index contributed by atoms with van der Waals surface area (Å²) in [4.78, 5) is 12.4. The van der Waals surface area contributed by atoms with Gasteiger partial charge in [-0.15, -0.1) is 0 Å². The van der Waals surface area contributed by atoms with Crippen LogP contribution in [0.3, 0.4) is 0 Å². The molecule has 1 rings (SSSR count). The molecule has 1 amide bonds. The summed E-state index contributed by atoms with van der Waals surface area (Å²) >= 11 is 0. The molecule has 70 valence electrons. The van der Waals surface area contributed by atoms with Crippen LogP contribution in [-0.2, 0) is 0 Å². The van der Waals surface area contributed by atoms with Gasteiger partial charge in [0.25, 0.3) is 0 Å². The highest BCUT2D eigenvalue weighted by Gasteiger charge is 2.16. The van der Waals surface area contributed by atoms with Crippen molar-refractivity contribution in [1.82, 2.24) is 15.8 Å². The Balaban J connectivity index is 2.13. The van der Waals surface area contributed by atoms with Gasteiger partial charge in [-0.1, -0.05) is 0 Å². The zero-order valence-electron chi connectivity index (χ0n) is 7.21. The smallest absolute Gasteiger partial charge is 0.419 e. The van der Waals surface area contributed by atoms with Gasteiger partial charge in [0.2, 0.25) is 0 Å². The van der Waals surface area contributed by atoms with Crippen molar-refractivity contribution in [2.75, 3.05) is 20.1 Å². The third-order valence-corrected chi connectivity index (χ3v) is 2.10. The third-order valence-electron chi connectivity index (χ3n) is 2.10. The Morgan fingerprint density at radius 1 is 1.50 bits per heavy atom. The summed E-state index contributed by atoms with van der Waals surface area (Å²) in [6.07, 6.45) is 0.974. The molecule has 0 unspecified atom stereocenters. The molecule has 0 aliphatic carbocycles. The maximum Gasteiger partial charge on any atom is 0.419 e. The summed E-state index contributed by atoms with van der Waals surface area (Å²) in [5.74, 6) is 0. The van der Waals surface area contributed by atoms with E-state index in [0.717, 1.165) is 25.9 Å². The van der Waals surface area contributed by atoms with Gasteiger partial charge in [-0.2, -0.15) is 0 Å². The average molecular weight is 173 g/mol. The Labute approximate surface area is 71.7 Å². The standard InChI is InChI=1S/C7H15N3O2/c1-10-4-2-6(3-5-10)8-9-7(11)12/h6,8-9H,2-5H2,1H3,(H,11,12). The molecule has 0 bridgehead atoms. The molecule has 0 aromatic rings. The Morgan fingerprint density at radius 3 is 2.58 bits per heavy atom. The van der Waals surface area contributed by atoms with E-state index in [1.165, 1.54) is 0 Å². The second-order valence-corrected chi connectivity index (χ2v) is 3.15. The van der Waals surface area contributed by atoms with Crippen molar-refractivity contribution in [3.63, 3.8) is 0 Å². The highest BCUT2D eigenvalue weighted by Crippen LogP contribution is 2.06. The number of rotatable bonds is 2. The van der Waals surface area contributed by atoms with Gasteiger partial charge in [0.05, 0.1) is 0 Å². The SMILES string of the molecule is CN1CCC(NNC(=O)O)CC1. The monoisotopic (exact) mass is 173 g/mol. The van der Waals surface area contributed by atoms with Crippen LogP contribution in [0.15, 0.2) is 0 Å². The highest BCUT2D eigenvalue weighted by atomic mass is 16.4. The Bertz CT molecular complexity index is 155. The molecule has 0 spiro atoms. The molecule has 1 aliphatic rings. The minimum atomic E-state index is -1.02. The van der Waals surface area contributed by atoms with E-state index in [4.69, 9.17) is 5.11 Å². The van der Waals surface area contributed by atoms with E-state index < -0.39 is 6.09 Å². The lowest BCUT2D eigenvalue weighted by molar-refractivity contribution is 0.176. The molecule has 1 aliphatic heterocycles. The van der Waals surface area contributed by atoms with Crippen LogP contribution in [0.4, 0.5) is 4.79 Å². The summed E-state index contributed by atoms with van der Waals surface area (Å²) in [6, 6.07) is 0.289. The molecular weight excluding hydrogens is 158 g/mol. The predicted molar refractivity (Wildman–Crippen MR) is 44.8 cm³/mol. The Hall–Kier alpha value is -0.810. The van der Waals surface area contributed by atoms with Crippen LogP contribution in [0.1, 0.15) is 12.8 Å². The molecule has 0 saturated carbocycles. The molecule has 1 fully saturated rings. The number of hydrazine groups is 1. The van der Waals surface area contributed by atoms with E-state index in [1.54, 1.807) is 0 Å². The highest BCUT2D eigenvalue weighted by molar-refractivity contribution is 5.63. The second-order valence-electron chi connectivity index (χ2n) is 3.15. The lowest BCUT2D eigenvalue weighted by Gasteiger charge is -2.29. The van der Waals surface area contributed by atoms with E-state index in [-0.39, 0.29) is 6.04 Å². The lowest BCUT2D eigenvalue weighted by atomic mass is 10.1. The van der Waals surface area contributed by atoms with Crippen LogP contribution in [0.2, 0.25) is 0 Å². The fourth-order valence-electron chi connectivity index (χ4n) is 1.32. The molecule has 0 atom stereocenters. The molecule has 5 heteroatoms. The van der Waals surface area contributed by atoms with Gasteiger partial charge in [-0.25, -0.2) is 10.2 Å². The van der Waals surface area contributed by atoms with Gasteiger partial charge in [0.15, 0.2) is 0 Å². The Morgan fingerprint density at radius 2 is 2.08 bits per heavy atom. The molecule has 5 nitrogen and oxygen atoms in total. The largest absolute Gasteiger partial charge is 0.464 e. The molecule has 3 N–H and O–H groups in total. The Kier molecular flexibility index (Phi) is 3.31. The van der Waals surface area contributed by atoms with E-state index in [2.05, 4.69) is 22.8 Å². The topological polar surface area (TPSA) is 64.6 Å². The number of nitrogens with zero attached hydrogens (tertiary/aromatic N) is 1. The molecule has 0 aromatic heterocycles. The zero-order chi connectivity index (χ0) is 8.97. The molecule has 0 aromatic carbocycles. The number of carboxylic acid groups (broad SMARTS) is 1. The lowest BCUT2D eigenvalue weighted by Crippen LogP contribution is -2.48. The summed E-state index contributed by atoms with van der Waals surface area (Å²) in [6.45, 7) is 2.05. The summed E-state index contributed by atoms with van der Waals surface area (Å²) in [5.41, 5.74) is 4.94. The van der Waals surface area contributed by atoms with E-state index in [0.29, 0.717) is 0 Å². The molecular formula is C7H15N3O2. The maximum absolute atomic E-state index is 10.1. The quantitative estimate of drug-likeness (QED) is 0.508. The fourth-order valence-corrected chi connectivity index (χ4v) is 1.32. The van der Waals surface area contributed by atoms with Gasteiger partial charge >= 0.3 is 6.09 Å². The predicted octanol–water partition coefficient (Wildman–Crippen LogP) is -0.147. The van der Waals surface area contributed by atoms with Crippen molar-refractivity contribution >= 4 is 6.09 Å². The van der Waals surface area contributed by atoms with Crippen LogP contribution >= 0.6 is 0 Å². The van der Waals surface area contributed by atoms with Crippen molar-refractivity contribution in [2.45, 2.75) is 18.9 Å². The van der Waals surface area contributed by atoms with Crippen LogP contribution in [0.5, 0.6) is 0 Å². The number of carbonyl (C=O) groups is 1. The van der Waals surface area contributed by atoms with Crippen molar-refractivity contribution in [1.29, 1.82) is 0 Å². The normalized spacial score (nSPS) is 20.8. The number of hydrogen-bond acceptors (Lipinski definition) is 3. The number of amides is 1. The van der Waals surface area contributed by atoms with Crippen LogP contribution in [0.25, 0.3) is 0 Å². The summed E-state index contributed by atoms with van der Waals surface area (Å²) in [5, 5.41) is 8.31. The average Bonchev–Trinajstić information content (AvgIpc) is 2.03. The fraction of sp³-hybridized carbons (Fsp3) is 0.857. The second kappa shape index (κ2) is 4.27. The molecule has 12 heavy (non-hydrogen) atoms. The zero-order valence-corrected chi connectivity index (χ0v) is 7.21. The van der Waals surface area contributed by atoms with E-state index in [9.17, 15) is 4.79 Å². The first kappa shape index (κ1) is 9.28. The van der Waals surface area contributed by atoms with Crippen LogP contribution in [0, 0.1) is 0 Å². The van der Waals surface area contributed by atoms with Gasteiger partial charge < -0.3 is 10.0 Å². The minimum Gasteiger partial charge on any atom is -0.464 e. The first-order chi connectivity index (χ1) is 5.68. The third kappa shape index (κ3) is 3.06. The summed E-state index contributed by atoms with van der Waals surface area (Å²) in [7, 11) is 2.07. The van der Waals surface area contributed by atoms with E-state index in [1.807, 2.05) is 0 Å². The number of nitrogens with one attached hydrogen (secondary N) is 2. The first-order valence-electron chi connectivity index (χ1n) is 4.11. The molecule has 0 radical (unpaired) electrons. The van der Waals surface area contributed by atoms with Crippen LogP contribution < -0.4 is 10.9 Å². The maximum atomic E-state index is 10.1. The minimum absolute atomic E-state index is 0.289. The van der Waals surface area contributed by atoms with Gasteiger partial charge in [-0.05, 0) is 33.0 Å². The van der Waals surface area contributed by atoms with Gasteiger partial charge in [-0.3, -0.25) is 5.43 Å². The van der Waals surface area contributed by atoms with Crippen molar-refractivity contribution in [3.8, 4) is 0 Å². The van der Waals surface area contributed by atoms with Gasteiger partial charge in [0.1, 0.15) is 0 Å². The van der Waals surface area contributed by atoms with Crippen molar-refractivity contribution < 1.29 is 9.90 Å². The first-order valence-corrected chi connectivity index (χ1v) is 4.11. The number of likely N-dealkylation sites (tertiary alicyclic amines) is 1. The van der Waals surface area contributed by atoms with Crippen molar-refractivity contribution in [2.24, 2.45) is 0 Å². The van der Waals surface area contributed by atoms with Crippen LogP contribution in [-0.4, -0.2) is 42.3 Å². The number of piperidine rings is 1. The molecule has 1 heterocycles.